The van der Waals surface area contributed by atoms with E-state index in [9.17, 15) is 14.4 Å². The first kappa shape index (κ1) is 18.2. The molecular formula is C16H25NO5. The average Bonchev–Trinajstić information content (AvgIpc) is 2.46. The molecule has 1 heterocycles. The van der Waals surface area contributed by atoms with E-state index in [4.69, 9.17) is 9.84 Å². The van der Waals surface area contributed by atoms with Crippen LogP contribution in [0.25, 0.3) is 0 Å². The minimum absolute atomic E-state index is 0.0514. The van der Waals surface area contributed by atoms with Gasteiger partial charge in [0.05, 0.1) is 18.4 Å². The van der Waals surface area contributed by atoms with Gasteiger partial charge < -0.3 is 15.2 Å². The molecule has 0 radical (unpaired) electrons. The molecule has 6 nitrogen and oxygen atoms in total. The van der Waals surface area contributed by atoms with Crippen LogP contribution in [0.3, 0.4) is 0 Å². The summed E-state index contributed by atoms with van der Waals surface area (Å²) in [5.74, 6) is -2.25. The third-order valence-corrected chi connectivity index (χ3v) is 3.58. The second-order valence-electron chi connectivity index (χ2n) is 5.58. The van der Waals surface area contributed by atoms with Gasteiger partial charge in [-0.05, 0) is 19.3 Å². The summed E-state index contributed by atoms with van der Waals surface area (Å²) in [7, 11) is 0. The zero-order valence-corrected chi connectivity index (χ0v) is 13.0. The van der Waals surface area contributed by atoms with Crippen LogP contribution in [0.4, 0.5) is 0 Å². The van der Waals surface area contributed by atoms with Crippen LogP contribution >= 0.6 is 0 Å². The number of carbonyl (C=O) groups excluding carboxylic acids is 2. The number of esters is 1. The Morgan fingerprint density at radius 2 is 2.18 bits per heavy atom. The van der Waals surface area contributed by atoms with Crippen molar-refractivity contribution in [1.29, 1.82) is 0 Å². The number of aliphatic carboxylic acids is 1. The number of hydrogen-bond acceptors (Lipinski definition) is 4. The van der Waals surface area contributed by atoms with Gasteiger partial charge in [0.1, 0.15) is 6.61 Å². The van der Waals surface area contributed by atoms with E-state index in [1.807, 2.05) is 6.08 Å². The fourth-order valence-electron chi connectivity index (χ4n) is 2.31. The maximum Gasteiger partial charge on any atom is 0.309 e. The molecule has 1 rings (SSSR count). The predicted molar refractivity (Wildman–Crippen MR) is 81.1 cm³/mol. The van der Waals surface area contributed by atoms with Gasteiger partial charge in [-0.15, -0.1) is 0 Å². The van der Waals surface area contributed by atoms with Crippen molar-refractivity contribution in [1.82, 2.24) is 5.32 Å². The van der Waals surface area contributed by atoms with Gasteiger partial charge in [-0.3, -0.25) is 14.4 Å². The van der Waals surface area contributed by atoms with Crippen LogP contribution in [0.1, 0.15) is 51.9 Å². The van der Waals surface area contributed by atoms with Crippen LogP contribution in [0.15, 0.2) is 12.2 Å². The maximum atomic E-state index is 12.0. The molecule has 0 unspecified atom stereocenters. The first-order valence-electron chi connectivity index (χ1n) is 7.85. The Kier molecular flexibility index (Phi) is 8.25. The lowest BCUT2D eigenvalue weighted by atomic mass is 10.0. The molecule has 0 saturated carbocycles. The number of amides is 1. The number of ether oxygens (including phenoxy) is 1. The second-order valence-corrected chi connectivity index (χ2v) is 5.58. The molecule has 0 spiro atoms. The number of rotatable bonds is 5. The van der Waals surface area contributed by atoms with Crippen molar-refractivity contribution < 1.29 is 24.2 Å². The fraction of sp³-hybridized carbons (Fsp3) is 0.688. The highest BCUT2D eigenvalue weighted by Gasteiger charge is 2.24. The van der Waals surface area contributed by atoms with Crippen molar-refractivity contribution in [2.45, 2.75) is 57.9 Å². The van der Waals surface area contributed by atoms with Gasteiger partial charge in [-0.25, -0.2) is 0 Å². The molecule has 0 aromatic rings. The predicted octanol–water partition coefficient (Wildman–Crippen LogP) is 2.04. The van der Waals surface area contributed by atoms with E-state index in [-0.39, 0.29) is 25.0 Å². The van der Waals surface area contributed by atoms with Gasteiger partial charge in [-0.2, -0.15) is 0 Å². The molecule has 1 amide bonds. The van der Waals surface area contributed by atoms with Gasteiger partial charge in [0.2, 0.25) is 5.91 Å². The number of nitrogens with one attached hydrogen (secondary N) is 1. The second kappa shape index (κ2) is 9.97. The molecular weight excluding hydrogens is 286 g/mol. The summed E-state index contributed by atoms with van der Waals surface area (Å²) in [6.45, 7) is 2.15. The minimum Gasteiger partial charge on any atom is -0.481 e. The van der Waals surface area contributed by atoms with E-state index in [0.29, 0.717) is 19.3 Å². The van der Waals surface area contributed by atoms with Gasteiger partial charge in [0, 0.05) is 6.42 Å². The van der Waals surface area contributed by atoms with E-state index >= 15 is 0 Å². The zero-order chi connectivity index (χ0) is 16.4. The van der Waals surface area contributed by atoms with Crippen LogP contribution in [0.2, 0.25) is 0 Å². The highest BCUT2D eigenvalue weighted by atomic mass is 16.5. The van der Waals surface area contributed by atoms with E-state index in [2.05, 4.69) is 12.2 Å². The Hall–Kier alpha value is -1.85. The lowest BCUT2D eigenvalue weighted by Crippen LogP contribution is -2.39. The number of allylic oxidation sites excluding steroid dienone is 2. The van der Waals surface area contributed by atoms with E-state index in [0.717, 1.165) is 19.3 Å². The van der Waals surface area contributed by atoms with Gasteiger partial charge in [0.25, 0.3) is 0 Å². The van der Waals surface area contributed by atoms with E-state index in [1.54, 1.807) is 6.08 Å². The Morgan fingerprint density at radius 3 is 2.86 bits per heavy atom. The molecule has 0 aromatic carbocycles. The van der Waals surface area contributed by atoms with Crippen molar-refractivity contribution in [3.05, 3.63) is 12.2 Å². The monoisotopic (exact) mass is 311 g/mol. The smallest absolute Gasteiger partial charge is 0.309 e. The van der Waals surface area contributed by atoms with Crippen LogP contribution < -0.4 is 5.32 Å². The molecule has 22 heavy (non-hydrogen) atoms. The first-order valence-corrected chi connectivity index (χ1v) is 7.85. The number of carboxylic acids is 1. The van der Waals surface area contributed by atoms with Crippen molar-refractivity contribution in [3.8, 4) is 0 Å². The topological polar surface area (TPSA) is 92.7 Å². The Morgan fingerprint density at radius 1 is 1.41 bits per heavy atom. The maximum absolute atomic E-state index is 12.0. The highest BCUT2D eigenvalue weighted by molar-refractivity contribution is 5.79. The third kappa shape index (κ3) is 7.24. The fourth-order valence-corrected chi connectivity index (χ4v) is 2.31. The summed E-state index contributed by atoms with van der Waals surface area (Å²) < 4.78 is 5.24. The standard InChI is InChI=1S/C16H25NO5/c1-2-3-8-13-11-22-16(21)12(10-15(19)20)7-5-4-6-9-14(18)17-13/h4-5,12-13H,2-3,6-11H2,1H3,(H,17,18)(H,19,20)/b5-4-/t12-,13+/m0/s1. The molecule has 0 bridgehead atoms. The van der Waals surface area contributed by atoms with Crippen LogP contribution in [-0.2, 0) is 19.1 Å². The lowest BCUT2D eigenvalue weighted by Gasteiger charge is -2.21. The van der Waals surface area contributed by atoms with Crippen molar-refractivity contribution >= 4 is 17.8 Å². The molecule has 1 aliphatic rings. The molecule has 2 N–H and O–H groups in total. The number of hydrogen-bond donors (Lipinski definition) is 2. The van der Waals surface area contributed by atoms with Crippen LogP contribution in [-0.4, -0.2) is 35.6 Å². The van der Waals surface area contributed by atoms with E-state index in [1.165, 1.54) is 0 Å². The summed E-state index contributed by atoms with van der Waals surface area (Å²) in [5, 5.41) is 11.8. The first-order chi connectivity index (χ1) is 10.5. The average molecular weight is 311 g/mol. The third-order valence-electron chi connectivity index (χ3n) is 3.58. The molecule has 0 aromatic heterocycles. The van der Waals surface area contributed by atoms with Crippen molar-refractivity contribution in [3.63, 3.8) is 0 Å². The highest BCUT2D eigenvalue weighted by Crippen LogP contribution is 2.14. The minimum atomic E-state index is -1.02. The van der Waals surface area contributed by atoms with Crippen LogP contribution in [0.5, 0.6) is 0 Å². The molecule has 0 saturated heterocycles. The molecule has 124 valence electrons. The molecule has 0 aliphatic carbocycles. The molecule has 1 aliphatic heterocycles. The summed E-state index contributed by atoms with van der Waals surface area (Å²) in [6.07, 6.45) is 7.28. The van der Waals surface area contributed by atoms with E-state index < -0.39 is 17.9 Å². The number of carboxylic acid groups (broad SMARTS) is 1. The summed E-state index contributed by atoms with van der Waals surface area (Å²) in [6, 6.07) is -0.203. The molecule has 0 fully saturated rings. The molecule has 2 atom stereocenters. The SMILES string of the molecule is CCCC[C@@H]1COC(=O)[C@H](CC(=O)O)C/C=C\CCC(=O)N1. The van der Waals surface area contributed by atoms with Gasteiger partial charge >= 0.3 is 11.9 Å². The summed E-state index contributed by atoms with van der Waals surface area (Å²) in [4.78, 5) is 34.7. The normalized spacial score (nSPS) is 25.3. The van der Waals surface area contributed by atoms with Crippen molar-refractivity contribution in [2.24, 2.45) is 5.92 Å². The van der Waals surface area contributed by atoms with Crippen molar-refractivity contribution in [2.75, 3.05) is 6.61 Å². The Labute approximate surface area is 130 Å². The Balaban J connectivity index is 2.72. The van der Waals surface area contributed by atoms with Gasteiger partial charge in [-0.1, -0.05) is 31.9 Å². The molecule has 6 heteroatoms. The summed E-state index contributed by atoms with van der Waals surface area (Å²) >= 11 is 0. The Bertz CT molecular complexity index is 419. The quantitative estimate of drug-likeness (QED) is 0.598. The number of carbonyl (C=O) groups is 3. The summed E-state index contributed by atoms with van der Waals surface area (Å²) in [5.41, 5.74) is 0. The van der Waals surface area contributed by atoms with Crippen LogP contribution in [0, 0.1) is 5.92 Å². The zero-order valence-electron chi connectivity index (χ0n) is 13.0. The lowest BCUT2D eigenvalue weighted by molar-refractivity contribution is -0.153. The number of unbranched alkanes of at least 4 members (excludes halogenated alkanes) is 1. The largest absolute Gasteiger partial charge is 0.481 e. The van der Waals surface area contributed by atoms with Gasteiger partial charge in [0.15, 0.2) is 0 Å². The number of cyclic esters (lactones) is 1.